The minimum atomic E-state index is -3.98. The monoisotopic (exact) mass is 477 g/mol. The van der Waals surface area contributed by atoms with Crippen LogP contribution in [0.5, 0.6) is 0 Å². The highest BCUT2D eigenvalue weighted by atomic mass is 32.2. The highest BCUT2D eigenvalue weighted by molar-refractivity contribution is 7.89. The van der Waals surface area contributed by atoms with E-state index in [1.807, 2.05) is 0 Å². The summed E-state index contributed by atoms with van der Waals surface area (Å²) in [5, 5.41) is 2.77. The summed E-state index contributed by atoms with van der Waals surface area (Å²) in [5.41, 5.74) is -0.763. The zero-order valence-electron chi connectivity index (χ0n) is 18.7. The van der Waals surface area contributed by atoms with Crippen LogP contribution in [0.1, 0.15) is 18.9 Å². The van der Waals surface area contributed by atoms with Crippen LogP contribution in [0.25, 0.3) is 0 Å². The molecule has 0 spiro atoms. The lowest BCUT2D eigenvalue weighted by Crippen LogP contribution is -2.69. The number of hydrogen-bond acceptors (Lipinski definition) is 5. The van der Waals surface area contributed by atoms with Crippen molar-refractivity contribution in [1.82, 2.24) is 14.5 Å². The number of piperazine rings is 1. The topological polar surface area (TPSA) is 96.0 Å². The van der Waals surface area contributed by atoms with E-state index in [9.17, 15) is 22.4 Å². The van der Waals surface area contributed by atoms with Crippen LogP contribution in [0.2, 0.25) is 0 Å². The van der Waals surface area contributed by atoms with Gasteiger partial charge in [0.15, 0.2) is 0 Å². The summed E-state index contributed by atoms with van der Waals surface area (Å²) in [7, 11) is -2.44. The number of nitrogens with zero attached hydrogens (tertiary/aromatic N) is 2. The van der Waals surface area contributed by atoms with Crippen LogP contribution in [0.15, 0.2) is 59.5 Å². The van der Waals surface area contributed by atoms with Crippen LogP contribution in [0.4, 0.5) is 4.39 Å². The Morgan fingerprint density at radius 2 is 1.82 bits per heavy atom. The van der Waals surface area contributed by atoms with E-state index in [1.54, 1.807) is 44.4 Å². The van der Waals surface area contributed by atoms with Gasteiger partial charge in [-0.3, -0.25) is 9.59 Å². The molecule has 0 unspecified atom stereocenters. The Kier molecular flexibility index (Phi) is 7.83. The standard InChI is InChI=1S/C23H28FN3O5S/c1-23(22(29)25-15-18-9-11-19(24)12-10-18)17-26(16-21(28)27(23)13-6-14-32-2)33(30,31)20-7-4-3-5-8-20/h3-5,7-12H,6,13-17H2,1-2H3,(H,25,29)/t23-/m0/s1. The zero-order chi connectivity index (χ0) is 24.1. The number of hydrogen-bond donors (Lipinski definition) is 1. The summed E-state index contributed by atoms with van der Waals surface area (Å²) in [6, 6.07) is 13.5. The maximum atomic E-state index is 13.3. The van der Waals surface area contributed by atoms with Gasteiger partial charge in [-0.1, -0.05) is 30.3 Å². The van der Waals surface area contributed by atoms with Gasteiger partial charge in [0.1, 0.15) is 11.4 Å². The Balaban J connectivity index is 1.86. The molecule has 1 N–H and O–H groups in total. The third kappa shape index (κ3) is 5.58. The van der Waals surface area contributed by atoms with Crippen molar-refractivity contribution in [2.75, 3.05) is 33.4 Å². The quantitative estimate of drug-likeness (QED) is 0.556. The van der Waals surface area contributed by atoms with Crippen molar-refractivity contribution in [2.24, 2.45) is 0 Å². The van der Waals surface area contributed by atoms with Crippen LogP contribution in [0, 0.1) is 5.82 Å². The van der Waals surface area contributed by atoms with Crippen LogP contribution in [-0.2, 0) is 30.9 Å². The van der Waals surface area contributed by atoms with Gasteiger partial charge in [0.2, 0.25) is 21.8 Å². The van der Waals surface area contributed by atoms with Gasteiger partial charge < -0.3 is 15.0 Å². The molecule has 1 saturated heterocycles. The summed E-state index contributed by atoms with van der Waals surface area (Å²) in [5.74, 6) is -1.34. The predicted octanol–water partition coefficient (Wildman–Crippen LogP) is 1.77. The van der Waals surface area contributed by atoms with E-state index >= 15 is 0 Å². The normalized spacial score (nSPS) is 19.5. The number of sulfonamides is 1. The third-order valence-corrected chi connectivity index (χ3v) is 7.47. The van der Waals surface area contributed by atoms with Crippen LogP contribution < -0.4 is 5.32 Å². The third-order valence-electron chi connectivity index (χ3n) is 5.66. The number of nitrogens with one attached hydrogen (secondary N) is 1. The molecule has 1 aliphatic rings. The maximum Gasteiger partial charge on any atom is 0.247 e. The molecule has 1 fully saturated rings. The summed E-state index contributed by atoms with van der Waals surface area (Å²) in [6.07, 6.45) is 0.495. The van der Waals surface area contributed by atoms with Gasteiger partial charge in [-0.15, -0.1) is 0 Å². The Morgan fingerprint density at radius 3 is 2.45 bits per heavy atom. The molecule has 1 heterocycles. The van der Waals surface area contributed by atoms with E-state index in [0.717, 1.165) is 4.31 Å². The Labute approximate surface area is 193 Å². The van der Waals surface area contributed by atoms with E-state index in [1.165, 1.54) is 29.2 Å². The number of carbonyl (C=O) groups excluding carboxylic acids is 2. The summed E-state index contributed by atoms with van der Waals surface area (Å²) >= 11 is 0. The number of amides is 2. The lowest BCUT2D eigenvalue weighted by molar-refractivity contribution is -0.153. The molecule has 2 aromatic rings. The number of halogens is 1. The van der Waals surface area contributed by atoms with E-state index in [-0.39, 0.29) is 36.9 Å². The molecule has 1 atom stereocenters. The van der Waals surface area contributed by atoms with Crippen LogP contribution in [-0.4, -0.2) is 68.3 Å². The van der Waals surface area contributed by atoms with Gasteiger partial charge in [0.05, 0.1) is 11.4 Å². The van der Waals surface area contributed by atoms with E-state index in [0.29, 0.717) is 18.6 Å². The molecule has 2 aromatic carbocycles. The lowest BCUT2D eigenvalue weighted by Gasteiger charge is -2.46. The smallest absolute Gasteiger partial charge is 0.247 e. The minimum Gasteiger partial charge on any atom is -0.385 e. The second-order valence-corrected chi connectivity index (χ2v) is 10.00. The fraction of sp³-hybridized carbons (Fsp3) is 0.391. The van der Waals surface area contributed by atoms with Crippen molar-refractivity contribution in [3.05, 3.63) is 66.0 Å². The molecular formula is C23H28FN3O5S. The second-order valence-electron chi connectivity index (χ2n) is 8.06. The average Bonchev–Trinajstić information content (AvgIpc) is 2.80. The average molecular weight is 478 g/mol. The van der Waals surface area contributed by atoms with Gasteiger partial charge in [0, 0.05) is 33.4 Å². The Hall–Kier alpha value is -2.82. The largest absolute Gasteiger partial charge is 0.385 e. The van der Waals surface area contributed by atoms with Crippen molar-refractivity contribution in [3.8, 4) is 0 Å². The van der Waals surface area contributed by atoms with Gasteiger partial charge in [-0.05, 0) is 43.2 Å². The molecular weight excluding hydrogens is 449 g/mol. The fourth-order valence-corrected chi connectivity index (χ4v) is 5.32. The molecule has 178 valence electrons. The molecule has 8 nitrogen and oxygen atoms in total. The molecule has 0 bridgehead atoms. The number of rotatable bonds is 9. The van der Waals surface area contributed by atoms with Crippen molar-refractivity contribution in [3.63, 3.8) is 0 Å². The van der Waals surface area contributed by atoms with Crippen LogP contribution >= 0.6 is 0 Å². The van der Waals surface area contributed by atoms with Crippen LogP contribution in [0.3, 0.4) is 0 Å². The van der Waals surface area contributed by atoms with Crippen molar-refractivity contribution in [1.29, 1.82) is 0 Å². The SMILES string of the molecule is COCCCN1C(=O)CN(S(=O)(=O)c2ccccc2)C[C@@]1(C)C(=O)NCc1ccc(F)cc1. The molecule has 33 heavy (non-hydrogen) atoms. The first kappa shape index (κ1) is 24.8. The molecule has 3 rings (SSSR count). The number of methoxy groups -OCH3 is 1. The van der Waals surface area contributed by atoms with Gasteiger partial charge in [-0.2, -0.15) is 4.31 Å². The number of benzene rings is 2. The van der Waals surface area contributed by atoms with Gasteiger partial charge in [-0.25, -0.2) is 12.8 Å². The predicted molar refractivity (Wildman–Crippen MR) is 120 cm³/mol. The van der Waals surface area contributed by atoms with Gasteiger partial charge >= 0.3 is 0 Å². The van der Waals surface area contributed by atoms with E-state index in [4.69, 9.17) is 4.74 Å². The number of carbonyl (C=O) groups is 2. The summed E-state index contributed by atoms with van der Waals surface area (Å²) in [6.45, 7) is 1.75. The molecule has 1 aliphatic heterocycles. The maximum absolute atomic E-state index is 13.3. The minimum absolute atomic E-state index is 0.0553. The molecule has 2 amide bonds. The van der Waals surface area contributed by atoms with Crippen molar-refractivity contribution in [2.45, 2.75) is 30.3 Å². The fourth-order valence-electron chi connectivity index (χ4n) is 3.82. The van der Waals surface area contributed by atoms with E-state index in [2.05, 4.69) is 5.32 Å². The van der Waals surface area contributed by atoms with E-state index < -0.39 is 27.4 Å². The Bertz CT molecular complexity index is 1080. The van der Waals surface area contributed by atoms with Crippen molar-refractivity contribution < 1.29 is 27.1 Å². The molecule has 0 aromatic heterocycles. The zero-order valence-corrected chi connectivity index (χ0v) is 19.5. The summed E-state index contributed by atoms with van der Waals surface area (Å²) < 4.78 is 45.7. The highest BCUT2D eigenvalue weighted by Gasteiger charge is 2.50. The molecule has 0 radical (unpaired) electrons. The Morgan fingerprint density at radius 1 is 1.15 bits per heavy atom. The molecule has 0 aliphatic carbocycles. The molecule has 0 saturated carbocycles. The molecule has 10 heteroatoms. The first-order valence-electron chi connectivity index (χ1n) is 10.6. The highest BCUT2D eigenvalue weighted by Crippen LogP contribution is 2.28. The first-order chi connectivity index (χ1) is 15.7. The lowest BCUT2D eigenvalue weighted by atomic mass is 9.95. The summed E-state index contributed by atoms with van der Waals surface area (Å²) in [4.78, 5) is 27.9. The second kappa shape index (κ2) is 10.4. The first-order valence-corrected chi connectivity index (χ1v) is 12.0. The van der Waals surface area contributed by atoms with Crippen molar-refractivity contribution >= 4 is 21.8 Å². The number of ether oxygens (including phenoxy) is 1. The van der Waals surface area contributed by atoms with Gasteiger partial charge in [0.25, 0.3) is 0 Å².